The van der Waals surface area contributed by atoms with E-state index in [4.69, 9.17) is 0 Å². The molecule has 0 aliphatic rings. The van der Waals surface area contributed by atoms with Crippen LogP contribution in [0, 0.1) is 0 Å². The van der Waals surface area contributed by atoms with Gasteiger partial charge in [0.25, 0.3) is 0 Å². The van der Waals surface area contributed by atoms with Gasteiger partial charge in [0.05, 0.1) is 4.90 Å². The maximum absolute atomic E-state index is 12.1. The van der Waals surface area contributed by atoms with Crippen LogP contribution in [-0.2, 0) is 21.2 Å². The molecule has 0 aliphatic heterocycles. The van der Waals surface area contributed by atoms with E-state index >= 15 is 0 Å². The summed E-state index contributed by atoms with van der Waals surface area (Å²) in [5, 5.41) is 2.76. The van der Waals surface area contributed by atoms with Gasteiger partial charge in [-0.25, -0.2) is 12.7 Å². The van der Waals surface area contributed by atoms with Crippen molar-refractivity contribution in [2.24, 2.45) is 0 Å². The second-order valence-corrected chi connectivity index (χ2v) is 8.27. The molecule has 0 spiro atoms. The molecule has 0 saturated heterocycles. The lowest BCUT2D eigenvalue weighted by Crippen LogP contribution is -2.22. The highest BCUT2D eigenvalue weighted by Gasteiger charge is 2.16. The van der Waals surface area contributed by atoms with Crippen molar-refractivity contribution < 1.29 is 18.0 Å². The molecule has 0 fully saturated rings. The van der Waals surface area contributed by atoms with E-state index in [-0.39, 0.29) is 23.0 Å². The number of ketones is 1. The summed E-state index contributed by atoms with van der Waals surface area (Å²) in [6, 6.07) is 13.3. The number of carbonyl (C=O) groups excluding carboxylic acids is 2. The van der Waals surface area contributed by atoms with Crippen molar-refractivity contribution in [1.29, 1.82) is 0 Å². The van der Waals surface area contributed by atoms with Crippen LogP contribution in [0.3, 0.4) is 0 Å². The lowest BCUT2D eigenvalue weighted by molar-refractivity contribution is -0.116. The predicted molar refractivity (Wildman–Crippen MR) is 101 cm³/mol. The summed E-state index contributed by atoms with van der Waals surface area (Å²) in [6.07, 6.45) is 0.741. The molecule has 0 aromatic heterocycles. The van der Waals surface area contributed by atoms with Crippen molar-refractivity contribution >= 4 is 27.4 Å². The molecule has 1 amide bonds. The van der Waals surface area contributed by atoms with E-state index in [0.717, 1.165) is 9.87 Å². The van der Waals surface area contributed by atoms with Gasteiger partial charge in [-0.2, -0.15) is 0 Å². The number of benzene rings is 2. The van der Waals surface area contributed by atoms with Gasteiger partial charge in [0.2, 0.25) is 15.9 Å². The van der Waals surface area contributed by atoms with Gasteiger partial charge in [0.15, 0.2) is 5.78 Å². The Balaban J connectivity index is 1.95. The fourth-order valence-electron chi connectivity index (χ4n) is 2.34. The van der Waals surface area contributed by atoms with Gasteiger partial charge < -0.3 is 5.32 Å². The van der Waals surface area contributed by atoms with Gasteiger partial charge in [-0.05, 0) is 43.2 Å². The van der Waals surface area contributed by atoms with Crippen LogP contribution >= 0.6 is 0 Å². The molecule has 2 aromatic carbocycles. The number of hydrogen-bond acceptors (Lipinski definition) is 4. The molecular weight excluding hydrogens is 352 g/mol. The molecule has 6 nitrogen and oxygen atoms in total. The quantitative estimate of drug-likeness (QED) is 0.755. The first-order valence-corrected chi connectivity index (χ1v) is 9.56. The Morgan fingerprint density at radius 2 is 1.69 bits per heavy atom. The third kappa shape index (κ3) is 5.00. The molecule has 0 unspecified atom stereocenters. The number of nitrogens with one attached hydrogen (secondary N) is 1. The number of anilines is 1. The first-order chi connectivity index (χ1) is 12.2. The highest BCUT2D eigenvalue weighted by Crippen LogP contribution is 2.16. The van der Waals surface area contributed by atoms with Crippen molar-refractivity contribution in [1.82, 2.24) is 4.31 Å². The number of rotatable bonds is 7. The number of carbonyl (C=O) groups is 2. The van der Waals surface area contributed by atoms with Gasteiger partial charge in [-0.15, -0.1) is 0 Å². The Hall–Kier alpha value is -2.51. The molecule has 0 saturated carbocycles. The molecule has 2 rings (SSSR count). The normalized spacial score (nSPS) is 11.4. The number of aryl methyl sites for hydroxylation is 1. The van der Waals surface area contributed by atoms with E-state index in [1.165, 1.54) is 21.0 Å². The van der Waals surface area contributed by atoms with E-state index in [0.29, 0.717) is 17.7 Å². The topological polar surface area (TPSA) is 83.5 Å². The monoisotopic (exact) mass is 374 g/mol. The van der Waals surface area contributed by atoms with Gasteiger partial charge in [-0.3, -0.25) is 9.59 Å². The average molecular weight is 374 g/mol. The van der Waals surface area contributed by atoms with Crippen molar-refractivity contribution in [2.45, 2.75) is 24.7 Å². The minimum atomic E-state index is -3.45. The molecular formula is C19H22N2O4S. The zero-order valence-electron chi connectivity index (χ0n) is 15.0. The van der Waals surface area contributed by atoms with Gasteiger partial charge in [0.1, 0.15) is 0 Å². The maximum atomic E-state index is 12.1. The molecule has 0 atom stereocenters. The number of hydrogen-bond donors (Lipinski definition) is 1. The summed E-state index contributed by atoms with van der Waals surface area (Å²) in [5.74, 6) is -0.232. The summed E-state index contributed by atoms with van der Waals surface area (Å²) in [4.78, 5) is 23.7. The highest BCUT2D eigenvalue weighted by molar-refractivity contribution is 7.89. The number of sulfonamides is 1. The first-order valence-electron chi connectivity index (χ1n) is 8.12. The Bertz CT molecular complexity index is 903. The van der Waals surface area contributed by atoms with Crippen molar-refractivity contribution in [2.75, 3.05) is 19.4 Å². The molecule has 138 valence electrons. The van der Waals surface area contributed by atoms with E-state index in [2.05, 4.69) is 5.32 Å². The third-order valence-corrected chi connectivity index (χ3v) is 5.72. The fourth-order valence-corrected chi connectivity index (χ4v) is 3.24. The van der Waals surface area contributed by atoms with Crippen LogP contribution in [-0.4, -0.2) is 38.5 Å². The van der Waals surface area contributed by atoms with Crippen LogP contribution in [0.5, 0.6) is 0 Å². The summed E-state index contributed by atoms with van der Waals surface area (Å²) < 4.78 is 25.2. The van der Waals surface area contributed by atoms with Gasteiger partial charge in [0, 0.05) is 31.8 Å². The van der Waals surface area contributed by atoms with Crippen molar-refractivity contribution in [3.8, 4) is 0 Å². The molecule has 2 aromatic rings. The second-order valence-electron chi connectivity index (χ2n) is 6.12. The number of amides is 1. The van der Waals surface area contributed by atoms with Crippen LogP contribution in [0.15, 0.2) is 53.4 Å². The minimum absolute atomic E-state index is 0.0612. The van der Waals surface area contributed by atoms with Crippen LogP contribution < -0.4 is 5.32 Å². The Morgan fingerprint density at radius 1 is 1.04 bits per heavy atom. The Kier molecular flexibility index (Phi) is 6.28. The lowest BCUT2D eigenvalue weighted by Gasteiger charge is -2.11. The second kappa shape index (κ2) is 8.25. The van der Waals surface area contributed by atoms with Crippen molar-refractivity contribution in [3.63, 3.8) is 0 Å². The smallest absolute Gasteiger partial charge is 0.242 e. The average Bonchev–Trinajstić information content (AvgIpc) is 2.60. The largest absolute Gasteiger partial charge is 0.326 e. The summed E-state index contributed by atoms with van der Waals surface area (Å²) in [7, 11) is -0.489. The fraction of sp³-hybridized carbons (Fsp3) is 0.263. The molecule has 7 heteroatoms. The maximum Gasteiger partial charge on any atom is 0.242 e. The van der Waals surface area contributed by atoms with E-state index in [9.17, 15) is 18.0 Å². The van der Waals surface area contributed by atoms with Crippen LogP contribution in [0.1, 0.15) is 29.3 Å². The van der Waals surface area contributed by atoms with Crippen LogP contribution in [0.25, 0.3) is 0 Å². The third-order valence-electron chi connectivity index (χ3n) is 3.90. The number of nitrogens with zero attached hydrogens (tertiary/aromatic N) is 1. The van der Waals surface area contributed by atoms with Crippen LogP contribution in [0.4, 0.5) is 5.69 Å². The highest BCUT2D eigenvalue weighted by atomic mass is 32.2. The predicted octanol–water partition coefficient (Wildman–Crippen LogP) is 2.71. The molecule has 0 bridgehead atoms. The Labute approximate surface area is 153 Å². The molecule has 0 aliphatic carbocycles. The standard InChI is InChI=1S/C19H22N2O4S/c1-14(22)16-5-4-6-17(13-16)20-19(23)12-9-15-7-10-18(11-8-15)26(24,25)21(2)3/h4-8,10-11,13H,9,12H2,1-3H3,(H,20,23). The van der Waals surface area contributed by atoms with E-state index in [1.54, 1.807) is 48.5 Å². The van der Waals surface area contributed by atoms with Gasteiger partial charge in [-0.1, -0.05) is 24.3 Å². The summed E-state index contributed by atoms with van der Waals surface area (Å²) >= 11 is 0. The van der Waals surface area contributed by atoms with E-state index < -0.39 is 10.0 Å². The lowest BCUT2D eigenvalue weighted by atomic mass is 10.1. The summed E-state index contributed by atoms with van der Waals surface area (Å²) in [6.45, 7) is 1.47. The molecule has 1 N–H and O–H groups in total. The first kappa shape index (κ1) is 19.8. The van der Waals surface area contributed by atoms with Gasteiger partial charge >= 0.3 is 0 Å². The zero-order valence-corrected chi connectivity index (χ0v) is 15.8. The summed E-state index contributed by atoms with van der Waals surface area (Å²) in [5.41, 5.74) is 1.99. The van der Waals surface area contributed by atoms with E-state index in [1.807, 2.05) is 0 Å². The SMILES string of the molecule is CC(=O)c1cccc(NC(=O)CCc2ccc(S(=O)(=O)N(C)C)cc2)c1. The molecule has 0 heterocycles. The molecule has 0 radical (unpaired) electrons. The number of Topliss-reactive ketones (excluding diaryl/α,β-unsaturated/α-hetero) is 1. The Morgan fingerprint density at radius 3 is 2.27 bits per heavy atom. The van der Waals surface area contributed by atoms with Crippen LogP contribution in [0.2, 0.25) is 0 Å². The minimum Gasteiger partial charge on any atom is -0.326 e. The van der Waals surface area contributed by atoms with Crippen molar-refractivity contribution in [3.05, 3.63) is 59.7 Å². The molecule has 26 heavy (non-hydrogen) atoms. The zero-order chi connectivity index (χ0) is 19.3.